The quantitative estimate of drug-likeness (QED) is 0.879. The molecule has 118 valence electrons. The normalized spacial score (nSPS) is 14.4. The predicted molar refractivity (Wildman–Crippen MR) is 85.0 cm³/mol. The number of nitrogens with one attached hydrogen (secondary N) is 1. The Morgan fingerprint density at radius 2 is 2.04 bits per heavy atom. The van der Waals surface area contributed by atoms with E-state index < -0.39 is 6.04 Å². The molecule has 1 N–H and O–H groups in total. The number of pyridine rings is 1. The first-order chi connectivity index (χ1) is 11.0. The molecule has 2 aromatic rings. The van der Waals surface area contributed by atoms with E-state index in [1.165, 1.54) is 10.6 Å². The molecule has 0 bridgehead atoms. The van der Waals surface area contributed by atoms with Gasteiger partial charge in [-0.3, -0.25) is 14.4 Å². The van der Waals surface area contributed by atoms with Gasteiger partial charge in [0, 0.05) is 17.8 Å². The van der Waals surface area contributed by atoms with Crippen LogP contribution in [0.2, 0.25) is 0 Å². The van der Waals surface area contributed by atoms with Crippen molar-refractivity contribution in [3.05, 3.63) is 58.0 Å². The number of hydrogen-bond donors (Lipinski definition) is 1. The second-order valence-corrected chi connectivity index (χ2v) is 5.54. The molecule has 1 aliphatic heterocycles. The van der Waals surface area contributed by atoms with Gasteiger partial charge in [-0.1, -0.05) is 6.07 Å². The second-order valence-electron chi connectivity index (χ2n) is 5.54. The zero-order valence-electron chi connectivity index (χ0n) is 12.8. The molecule has 1 aliphatic rings. The smallest absolute Gasteiger partial charge is 0.262 e. The van der Waals surface area contributed by atoms with Crippen LogP contribution in [0.4, 0.5) is 5.69 Å². The predicted octanol–water partition coefficient (Wildman–Crippen LogP) is 1.93. The summed E-state index contributed by atoms with van der Waals surface area (Å²) < 4.78 is 6.68. The summed E-state index contributed by atoms with van der Waals surface area (Å²) >= 11 is 0. The number of ether oxygens (including phenoxy) is 1. The van der Waals surface area contributed by atoms with Crippen molar-refractivity contribution in [2.24, 2.45) is 0 Å². The maximum atomic E-state index is 12.7. The number of rotatable bonds is 3. The van der Waals surface area contributed by atoms with E-state index in [9.17, 15) is 14.4 Å². The minimum Gasteiger partial charge on any atom is -0.482 e. The number of Topliss-reactive ketones (excluding diaryl/α,β-unsaturated/α-hetero) is 1. The minimum atomic E-state index is -0.638. The maximum Gasteiger partial charge on any atom is 0.262 e. The Kier molecular flexibility index (Phi) is 3.73. The highest BCUT2D eigenvalue weighted by molar-refractivity contribution is 6.02. The molecule has 1 unspecified atom stereocenters. The molecule has 3 rings (SSSR count). The Labute approximate surface area is 132 Å². The van der Waals surface area contributed by atoms with E-state index in [0.717, 1.165) is 5.56 Å². The number of aromatic nitrogens is 1. The number of anilines is 1. The molecule has 6 nitrogen and oxygen atoms in total. The lowest BCUT2D eigenvalue weighted by Gasteiger charge is -2.19. The third-order valence-electron chi connectivity index (χ3n) is 3.78. The lowest BCUT2D eigenvalue weighted by Crippen LogP contribution is -2.28. The molecule has 1 atom stereocenters. The number of ketones is 1. The molecule has 6 heteroatoms. The molecule has 0 aliphatic carbocycles. The molecule has 2 heterocycles. The highest BCUT2D eigenvalue weighted by atomic mass is 16.5. The molecule has 1 amide bonds. The van der Waals surface area contributed by atoms with Crippen LogP contribution in [-0.2, 0) is 4.79 Å². The van der Waals surface area contributed by atoms with Crippen LogP contribution in [-0.4, -0.2) is 22.9 Å². The van der Waals surface area contributed by atoms with E-state index in [4.69, 9.17) is 4.74 Å². The number of nitrogens with zero attached hydrogens (tertiary/aromatic N) is 1. The van der Waals surface area contributed by atoms with Crippen LogP contribution >= 0.6 is 0 Å². The number of aryl methyl sites for hydroxylation is 1. The molecule has 0 radical (unpaired) electrons. The molecule has 0 saturated carbocycles. The largest absolute Gasteiger partial charge is 0.482 e. The van der Waals surface area contributed by atoms with E-state index in [2.05, 4.69) is 5.32 Å². The first-order valence-corrected chi connectivity index (χ1v) is 7.25. The average molecular weight is 312 g/mol. The number of fused-ring (bicyclic) bond motifs is 1. The Balaban J connectivity index is 1.94. The fourth-order valence-electron chi connectivity index (χ4n) is 2.52. The van der Waals surface area contributed by atoms with Gasteiger partial charge >= 0.3 is 0 Å². The second kappa shape index (κ2) is 5.72. The lowest BCUT2D eigenvalue weighted by atomic mass is 10.0. The third kappa shape index (κ3) is 2.88. The number of benzene rings is 1. The molecule has 0 fully saturated rings. The lowest BCUT2D eigenvalue weighted by molar-refractivity contribution is -0.118. The van der Waals surface area contributed by atoms with Crippen LogP contribution in [0.15, 0.2) is 41.3 Å². The van der Waals surface area contributed by atoms with Crippen LogP contribution in [0.1, 0.15) is 28.9 Å². The first-order valence-electron chi connectivity index (χ1n) is 7.25. The molecular weight excluding hydrogens is 296 g/mol. The first kappa shape index (κ1) is 15.0. The van der Waals surface area contributed by atoms with Gasteiger partial charge < -0.3 is 14.6 Å². The highest BCUT2D eigenvalue weighted by Gasteiger charge is 2.22. The van der Waals surface area contributed by atoms with Gasteiger partial charge in [0.15, 0.2) is 12.4 Å². The molecule has 1 aromatic heterocycles. The zero-order valence-corrected chi connectivity index (χ0v) is 12.8. The molecule has 23 heavy (non-hydrogen) atoms. The van der Waals surface area contributed by atoms with Crippen molar-refractivity contribution in [2.45, 2.75) is 19.9 Å². The van der Waals surface area contributed by atoms with Crippen molar-refractivity contribution in [1.29, 1.82) is 0 Å². The van der Waals surface area contributed by atoms with Crippen molar-refractivity contribution < 1.29 is 14.3 Å². The number of hydrogen-bond acceptors (Lipinski definition) is 4. The van der Waals surface area contributed by atoms with Gasteiger partial charge in [0.2, 0.25) is 0 Å². The van der Waals surface area contributed by atoms with E-state index in [0.29, 0.717) is 17.0 Å². The van der Waals surface area contributed by atoms with Crippen molar-refractivity contribution in [1.82, 2.24) is 4.57 Å². The van der Waals surface area contributed by atoms with Gasteiger partial charge in [0.1, 0.15) is 5.75 Å². The summed E-state index contributed by atoms with van der Waals surface area (Å²) in [5.74, 6) is 0.0619. The third-order valence-corrected chi connectivity index (χ3v) is 3.78. The Bertz CT molecular complexity index is 854. The summed E-state index contributed by atoms with van der Waals surface area (Å²) in [4.78, 5) is 36.0. The number of carbonyl (C=O) groups is 2. The summed E-state index contributed by atoms with van der Waals surface area (Å²) in [5.41, 5.74) is 1.55. The summed E-state index contributed by atoms with van der Waals surface area (Å²) in [6, 6.07) is 7.37. The molecule has 0 saturated heterocycles. The SMILES string of the molecule is Cc1ccc(=O)n(C(C)C(=O)c2ccc3c(c2)NC(=O)CO3)c1. The van der Waals surface area contributed by atoms with Crippen molar-refractivity contribution in [3.63, 3.8) is 0 Å². The van der Waals surface area contributed by atoms with E-state index >= 15 is 0 Å². The fourth-order valence-corrected chi connectivity index (χ4v) is 2.52. The van der Waals surface area contributed by atoms with Crippen LogP contribution < -0.4 is 15.6 Å². The Morgan fingerprint density at radius 1 is 1.26 bits per heavy atom. The maximum absolute atomic E-state index is 12.7. The van der Waals surface area contributed by atoms with Crippen molar-refractivity contribution in [3.8, 4) is 5.75 Å². The standard InChI is InChI=1S/C17H16N2O4/c1-10-3-6-16(21)19(8-10)11(2)17(22)12-4-5-14-13(7-12)18-15(20)9-23-14/h3-8,11H,9H2,1-2H3,(H,18,20). The highest BCUT2D eigenvalue weighted by Crippen LogP contribution is 2.29. The van der Waals surface area contributed by atoms with Crippen LogP contribution in [0.25, 0.3) is 0 Å². The summed E-state index contributed by atoms with van der Waals surface area (Å²) in [6.45, 7) is 3.51. The van der Waals surface area contributed by atoms with Crippen molar-refractivity contribution >= 4 is 17.4 Å². The van der Waals surface area contributed by atoms with Crippen LogP contribution in [0.3, 0.4) is 0 Å². The Hall–Kier alpha value is -2.89. The number of amides is 1. The van der Waals surface area contributed by atoms with Crippen molar-refractivity contribution in [2.75, 3.05) is 11.9 Å². The van der Waals surface area contributed by atoms with Gasteiger partial charge in [-0.2, -0.15) is 0 Å². The average Bonchev–Trinajstić information content (AvgIpc) is 2.55. The zero-order chi connectivity index (χ0) is 16.6. The Morgan fingerprint density at radius 3 is 2.83 bits per heavy atom. The molecule has 1 aromatic carbocycles. The van der Waals surface area contributed by atoms with Gasteiger partial charge in [-0.05, 0) is 37.6 Å². The summed E-state index contributed by atoms with van der Waals surface area (Å²) in [6.07, 6.45) is 1.66. The summed E-state index contributed by atoms with van der Waals surface area (Å²) in [5, 5.41) is 2.67. The molecular formula is C17H16N2O4. The van der Waals surface area contributed by atoms with Crippen LogP contribution in [0, 0.1) is 6.92 Å². The minimum absolute atomic E-state index is 0.0324. The topological polar surface area (TPSA) is 77.4 Å². The molecule has 0 spiro atoms. The fraction of sp³-hybridized carbons (Fsp3) is 0.235. The van der Waals surface area contributed by atoms with Crippen LogP contribution in [0.5, 0.6) is 5.75 Å². The van der Waals surface area contributed by atoms with Gasteiger partial charge in [-0.25, -0.2) is 0 Å². The van der Waals surface area contributed by atoms with Gasteiger partial charge in [-0.15, -0.1) is 0 Å². The van der Waals surface area contributed by atoms with E-state index in [-0.39, 0.29) is 23.9 Å². The number of carbonyl (C=O) groups excluding carboxylic acids is 2. The van der Waals surface area contributed by atoms with Gasteiger partial charge in [0.05, 0.1) is 11.7 Å². The van der Waals surface area contributed by atoms with E-state index in [1.807, 2.05) is 6.92 Å². The summed E-state index contributed by atoms with van der Waals surface area (Å²) in [7, 11) is 0. The monoisotopic (exact) mass is 312 g/mol. The van der Waals surface area contributed by atoms with E-state index in [1.54, 1.807) is 37.4 Å². The van der Waals surface area contributed by atoms with Gasteiger partial charge in [0.25, 0.3) is 11.5 Å².